The van der Waals surface area contributed by atoms with E-state index in [1.807, 2.05) is 19.4 Å². The minimum atomic E-state index is 0.573. The molecule has 0 radical (unpaired) electrons. The van der Waals surface area contributed by atoms with Crippen LogP contribution in [0.2, 0.25) is 0 Å². The van der Waals surface area contributed by atoms with E-state index in [2.05, 4.69) is 28.3 Å². The van der Waals surface area contributed by atoms with Crippen LogP contribution in [0.4, 0.5) is 5.69 Å². The molecule has 2 rings (SSSR count). The first-order chi connectivity index (χ1) is 8.33. The van der Waals surface area contributed by atoms with E-state index in [4.69, 9.17) is 4.74 Å². The lowest BCUT2D eigenvalue weighted by atomic mass is 10.1. The maximum atomic E-state index is 5.41. The van der Waals surface area contributed by atoms with E-state index in [1.165, 1.54) is 11.3 Å². The fourth-order valence-electron chi connectivity index (χ4n) is 2.34. The third kappa shape index (κ3) is 2.96. The fraction of sp³-hybridized carbons (Fsp3) is 0.615. The fourth-order valence-corrected chi connectivity index (χ4v) is 2.34. The van der Waals surface area contributed by atoms with E-state index in [9.17, 15) is 0 Å². The maximum absolute atomic E-state index is 5.41. The first kappa shape index (κ1) is 12.3. The molecule has 4 nitrogen and oxygen atoms in total. The summed E-state index contributed by atoms with van der Waals surface area (Å²) in [6.07, 6.45) is 6.02. The third-order valence-corrected chi connectivity index (χ3v) is 3.37. The average Bonchev–Trinajstić information content (AvgIpc) is 2.40. The Kier molecular flexibility index (Phi) is 4.34. The Hall–Kier alpha value is -1.13. The van der Waals surface area contributed by atoms with Crippen LogP contribution in [0.25, 0.3) is 0 Å². The van der Waals surface area contributed by atoms with Crippen molar-refractivity contribution in [3.05, 3.63) is 24.0 Å². The summed E-state index contributed by atoms with van der Waals surface area (Å²) in [7, 11) is 4.13. The van der Waals surface area contributed by atoms with Gasteiger partial charge in [-0.25, -0.2) is 0 Å². The largest absolute Gasteiger partial charge is 0.381 e. The molecule has 1 aromatic rings. The lowest BCUT2D eigenvalue weighted by Crippen LogP contribution is -2.37. The van der Waals surface area contributed by atoms with Gasteiger partial charge < -0.3 is 15.0 Å². The molecule has 0 bridgehead atoms. The van der Waals surface area contributed by atoms with Crippen molar-refractivity contribution in [2.45, 2.75) is 25.4 Å². The maximum Gasteiger partial charge on any atom is 0.0598 e. The summed E-state index contributed by atoms with van der Waals surface area (Å²) in [5.74, 6) is 0. The Balaban J connectivity index is 2.14. The molecule has 0 aliphatic carbocycles. The van der Waals surface area contributed by atoms with Gasteiger partial charge in [-0.05, 0) is 31.5 Å². The molecular weight excluding hydrogens is 214 g/mol. The van der Waals surface area contributed by atoms with Gasteiger partial charge in [0, 0.05) is 39.0 Å². The van der Waals surface area contributed by atoms with Gasteiger partial charge in [-0.3, -0.25) is 4.98 Å². The highest BCUT2D eigenvalue weighted by molar-refractivity contribution is 5.51. The Morgan fingerprint density at radius 3 is 2.94 bits per heavy atom. The van der Waals surface area contributed by atoms with Crippen molar-refractivity contribution in [3.63, 3.8) is 0 Å². The van der Waals surface area contributed by atoms with Gasteiger partial charge in [0.15, 0.2) is 0 Å². The Morgan fingerprint density at radius 1 is 1.47 bits per heavy atom. The second kappa shape index (κ2) is 5.98. The molecule has 0 saturated carbocycles. The molecule has 1 aliphatic rings. The number of nitrogens with one attached hydrogen (secondary N) is 1. The third-order valence-electron chi connectivity index (χ3n) is 3.37. The number of nitrogens with zero attached hydrogens (tertiary/aromatic N) is 2. The standard InChI is InChI=1S/C13H21N3O/c1-14-9-11-3-6-15-10-13(11)16(2)12-4-7-17-8-5-12/h3,6,10,12,14H,4-5,7-9H2,1-2H3. The van der Waals surface area contributed by atoms with Crippen molar-refractivity contribution >= 4 is 5.69 Å². The smallest absolute Gasteiger partial charge is 0.0598 e. The number of ether oxygens (including phenoxy) is 1. The zero-order valence-corrected chi connectivity index (χ0v) is 10.6. The Labute approximate surface area is 103 Å². The van der Waals surface area contributed by atoms with E-state index in [1.54, 1.807) is 0 Å². The van der Waals surface area contributed by atoms with E-state index >= 15 is 0 Å². The summed E-state index contributed by atoms with van der Waals surface area (Å²) >= 11 is 0. The molecule has 1 saturated heterocycles. The van der Waals surface area contributed by atoms with E-state index < -0.39 is 0 Å². The zero-order valence-electron chi connectivity index (χ0n) is 10.6. The SMILES string of the molecule is CNCc1ccncc1N(C)C1CCOCC1. The minimum Gasteiger partial charge on any atom is -0.381 e. The van der Waals surface area contributed by atoms with Crippen LogP contribution in [0, 0.1) is 0 Å². The molecule has 0 aromatic carbocycles. The summed E-state index contributed by atoms with van der Waals surface area (Å²) in [6, 6.07) is 2.66. The van der Waals surface area contributed by atoms with Crippen molar-refractivity contribution in [1.29, 1.82) is 0 Å². The highest BCUT2D eigenvalue weighted by Crippen LogP contribution is 2.23. The quantitative estimate of drug-likeness (QED) is 0.856. The highest BCUT2D eigenvalue weighted by Gasteiger charge is 2.20. The molecule has 0 spiro atoms. The zero-order chi connectivity index (χ0) is 12.1. The van der Waals surface area contributed by atoms with E-state index in [0.717, 1.165) is 32.6 Å². The molecule has 4 heteroatoms. The van der Waals surface area contributed by atoms with Crippen LogP contribution in [-0.2, 0) is 11.3 Å². The molecule has 1 fully saturated rings. The normalized spacial score (nSPS) is 17.1. The number of anilines is 1. The van der Waals surface area contributed by atoms with E-state index in [0.29, 0.717) is 6.04 Å². The molecule has 2 heterocycles. The van der Waals surface area contributed by atoms with Crippen LogP contribution >= 0.6 is 0 Å². The average molecular weight is 235 g/mol. The van der Waals surface area contributed by atoms with Crippen LogP contribution in [0.5, 0.6) is 0 Å². The Morgan fingerprint density at radius 2 is 2.24 bits per heavy atom. The van der Waals surface area contributed by atoms with Crippen LogP contribution in [-0.4, -0.2) is 38.3 Å². The summed E-state index contributed by atoms with van der Waals surface area (Å²) in [6.45, 7) is 2.62. The molecule has 17 heavy (non-hydrogen) atoms. The predicted molar refractivity (Wildman–Crippen MR) is 69.2 cm³/mol. The second-order valence-electron chi connectivity index (χ2n) is 4.49. The summed E-state index contributed by atoms with van der Waals surface area (Å²) in [4.78, 5) is 6.59. The van der Waals surface area contributed by atoms with Crippen molar-refractivity contribution < 1.29 is 4.74 Å². The molecule has 0 atom stereocenters. The van der Waals surface area contributed by atoms with Gasteiger partial charge in [-0.2, -0.15) is 0 Å². The van der Waals surface area contributed by atoms with Gasteiger partial charge in [-0.15, -0.1) is 0 Å². The monoisotopic (exact) mass is 235 g/mol. The molecule has 0 amide bonds. The first-order valence-electron chi connectivity index (χ1n) is 6.21. The molecule has 0 unspecified atom stereocenters. The number of hydrogen-bond donors (Lipinski definition) is 1. The lowest BCUT2D eigenvalue weighted by Gasteiger charge is -2.33. The van der Waals surface area contributed by atoms with Gasteiger partial charge >= 0.3 is 0 Å². The topological polar surface area (TPSA) is 37.4 Å². The van der Waals surface area contributed by atoms with Gasteiger partial charge in [0.2, 0.25) is 0 Å². The predicted octanol–water partition coefficient (Wildman–Crippen LogP) is 1.42. The van der Waals surface area contributed by atoms with Gasteiger partial charge in [0.1, 0.15) is 0 Å². The van der Waals surface area contributed by atoms with Gasteiger partial charge in [0.05, 0.1) is 11.9 Å². The van der Waals surface area contributed by atoms with Crippen LogP contribution in [0.1, 0.15) is 18.4 Å². The Bertz CT molecular complexity index is 350. The highest BCUT2D eigenvalue weighted by atomic mass is 16.5. The molecule has 1 aliphatic heterocycles. The van der Waals surface area contributed by atoms with Gasteiger partial charge in [-0.1, -0.05) is 0 Å². The molecule has 94 valence electrons. The second-order valence-corrected chi connectivity index (χ2v) is 4.49. The number of pyridine rings is 1. The number of hydrogen-bond acceptors (Lipinski definition) is 4. The summed E-state index contributed by atoms with van der Waals surface area (Å²) in [5.41, 5.74) is 2.53. The van der Waals surface area contributed by atoms with Crippen molar-refractivity contribution in [1.82, 2.24) is 10.3 Å². The number of aromatic nitrogens is 1. The van der Waals surface area contributed by atoms with Gasteiger partial charge in [0.25, 0.3) is 0 Å². The van der Waals surface area contributed by atoms with Crippen LogP contribution in [0.15, 0.2) is 18.5 Å². The van der Waals surface area contributed by atoms with Crippen molar-refractivity contribution in [3.8, 4) is 0 Å². The summed E-state index contributed by atoms with van der Waals surface area (Å²) < 4.78 is 5.41. The number of rotatable bonds is 4. The summed E-state index contributed by atoms with van der Waals surface area (Å²) in [5, 5.41) is 3.20. The molecule has 1 N–H and O–H groups in total. The minimum absolute atomic E-state index is 0.573. The van der Waals surface area contributed by atoms with Crippen molar-refractivity contribution in [2.24, 2.45) is 0 Å². The first-order valence-corrected chi connectivity index (χ1v) is 6.21. The molecule has 1 aromatic heterocycles. The van der Waals surface area contributed by atoms with Crippen molar-refractivity contribution in [2.75, 3.05) is 32.2 Å². The van der Waals surface area contributed by atoms with Crippen LogP contribution < -0.4 is 10.2 Å². The van der Waals surface area contributed by atoms with E-state index in [-0.39, 0.29) is 0 Å². The molecular formula is C13H21N3O. The lowest BCUT2D eigenvalue weighted by molar-refractivity contribution is 0.0854. The van der Waals surface area contributed by atoms with Crippen LogP contribution in [0.3, 0.4) is 0 Å².